The van der Waals surface area contributed by atoms with E-state index in [4.69, 9.17) is 25.4 Å². The van der Waals surface area contributed by atoms with Crippen LogP contribution in [0, 0.1) is 0 Å². The maximum atomic E-state index is 11.7. The van der Waals surface area contributed by atoms with E-state index in [2.05, 4.69) is 9.51 Å². The summed E-state index contributed by atoms with van der Waals surface area (Å²) in [4.78, 5) is 32.7. The Morgan fingerprint density at radius 1 is 1.52 bits per heavy atom. The molecular formula is C9H14N3O8P. The summed E-state index contributed by atoms with van der Waals surface area (Å²) in [5.74, 6) is -0.0366. The van der Waals surface area contributed by atoms with Gasteiger partial charge in [0.25, 0.3) is 0 Å². The van der Waals surface area contributed by atoms with E-state index in [1.807, 2.05) is 0 Å². The molecule has 2 rings (SSSR count). The van der Waals surface area contributed by atoms with Crippen molar-refractivity contribution in [1.29, 1.82) is 0 Å². The summed E-state index contributed by atoms with van der Waals surface area (Å²) in [6, 6.07) is 1.28. The largest absolute Gasteiger partial charge is 0.470 e. The highest BCUT2D eigenvalue weighted by Gasteiger charge is 2.48. The minimum absolute atomic E-state index is 0.0366. The standard InChI is InChI=1S/C9H14N3O8P/c10-5-1-2-12(9(15)11-5)8-6(14)7(4(3-13)19-8)20-21(16,17)18/h1-2,4,6-8,13-14H,3H2,(H2,10,11,15)(H2,16,17,18)/t4-,6-,7-,8-/m0/s1. The van der Waals surface area contributed by atoms with Gasteiger partial charge in [0, 0.05) is 6.20 Å². The predicted octanol–water partition coefficient (Wildman–Crippen LogP) is -2.45. The maximum absolute atomic E-state index is 11.7. The van der Waals surface area contributed by atoms with Crippen molar-refractivity contribution in [3.8, 4) is 0 Å². The minimum atomic E-state index is -4.91. The molecule has 0 amide bonds. The van der Waals surface area contributed by atoms with Crippen LogP contribution in [0.4, 0.5) is 5.82 Å². The number of phosphoric acid groups is 1. The number of phosphoric ester groups is 1. The fraction of sp³-hybridized carbons (Fsp3) is 0.556. The molecular weight excluding hydrogens is 309 g/mol. The Bertz CT molecular complexity index is 615. The Morgan fingerprint density at radius 2 is 2.19 bits per heavy atom. The summed E-state index contributed by atoms with van der Waals surface area (Å²) in [6.07, 6.45) is -4.45. The van der Waals surface area contributed by atoms with E-state index in [1.54, 1.807) is 0 Å². The van der Waals surface area contributed by atoms with Crippen LogP contribution in [0.5, 0.6) is 0 Å². The van der Waals surface area contributed by atoms with E-state index in [-0.39, 0.29) is 5.82 Å². The topological polar surface area (TPSA) is 177 Å². The first-order valence-corrected chi connectivity index (χ1v) is 7.29. The molecule has 0 unspecified atom stereocenters. The maximum Gasteiger partial charge on any atom is 0.470 e. The van der Waals surface area contributed by atoms with Crippen LogP contribution in [0.15, 0.2) is 17.1 Å². The van der Waals surface area contributed by atoms with Gasteiger partial charge in [0.15, 0.2) is 6.23 Å². The van der Waals surface area contributed by atoms with Crippen molar-refractivity contribution in [2.75, 3.05) is 12.3 Å². The third-order valence-corrected chi connectivity index (χ3v) is 3.39. The van der Waals surface area contributed by atoms with Crippen LogP contribution in [0.25, 0.3) is 0 Å². The first kappa shape index (κ1) is 16.0. The first-order chi connectivity index (χ1) is 9.73. The summed E-state index contributed by atoms with van der Waals surface area (Å²) in [6.45, 7) is -0.671. The number of aliphatic hydroxyl groups is 2. The third-order valence-electron chi connectivity index (χ3n) is 2.87. The van der Waals surface area contributed by atoms with E-state index in [0.717, 1.165) is 4.57 Å². The van der Waals surface area contributed by atoms with Gasteiger partial charge in [-0.05, 0) is 6.07 Å². The predicted molar refractivity (Wildman–Crippen MR) is 66.8 cm³/mol. The monoisotopic (exact) mass is 323 g/mol. The lowest BCUT2D eigenvalue weighted by molar-refractivity contribution is -0.0548. The van der Waals surface area contributed by atoms with Gasteiger partial charge in [-0.15, -0.1) is 0 Å². The molecule has 1 aliphatic heterocycles. The summed E-state index contributed by atoms with van der Waals surface area (Å²) in [5, 5.41) is 19.2. The molecule has 0 saturated carbocycles. The molecule has 1 aliphatic rings. The highest BCUT2D eigenvalue weighted by atomic mass is 31.2. The van der Waals surface area contributed by atoms with Gasteiger partial charge in [0.1, 0.15) is 24.1 Å². The zero-order valence-electron chi connectivity index (χ0n) is 10.5. The van der Waals surface area contributed by atoms with Crippen LogP contribution >= 0.6 is 7.82 Å². The average molecular weight is 323 g/mol. The van der Waals surface area contributed by atoms with Gasteiger partial charge in [-0.25, -0.2) is 9.36 Å². The van der Waals surface area contributed by atoms with Crippen molar-refractivity contribution in [3.63, 3.8) is 0 Å². The first-order valence-electron chi connectivity index (χ1n) is 5.76. The number of aliphatic hydroxyl groups excluding tert-OH is 2. The Kier molecular flexibility index (Phi) is 4.44. The lowest BCUT2D eigenvalue weighted by Gasteiger charge is -2.20. The fourth-order valence-corrected chi connectivity index (χ4v) is 2.58. The summed E-state index contributed by atoms with van der Waals surface area (Å²) >= 11 is 0. The van der Waals surface area contributed by atoms with Crippen molar-refractivity contribution in [3.05, 3.63) is 22.7 Å². The Labute approximate surface area is 117 Å². The molecule has 6 N–H and O–H groups in total. The third kappa shape index (κ3) is 3.47. The number of hydrogen-bond acceptors (Lipinski definition) is 8. The highest BCUT2D eigenvalue weighted by Crippen LogP contribution is 2.43. The van der Waals surface area contributed by atoms with Gasteiger partial charge >= 0.3 is 13.5 Å². The highest BCUT2D eigenvalue weighted by molar-refractivity contribution is 7.46. The molecule has 1 saturated heterocycles. The molecule has 11 nitrogen and oxygen atoms in total. The molecule has 0 aliphatic carbocycles. The second-order valence-electron chi connectivity index (χ2n) is 4.34. The van der Waals surface area contributed by atoms with E-state index in [1.165, 1.54) is 12.3 Å². The molecule has 0 spiro atoms. The van der Waals surface area contributed by atoms with E-state index >= 15 is 0 Å². The molecule has 12 heteroatoms. The van der Waals surface area contributed by atoms with Crippen LogP contribution in [0.1, 0.15) is 6.23 Å². The second kappa shape index (κ2) is 5.81. The van der Waals surface area contributed by atoms with Crippen LogP contribution in [0.2, 0.25) is 0 Å². The summed E-state index contributed by atoms with van der Waals surface area (Å²) in [7, 11) is -4.91. The lowest BCUT2D eigenvalue weighted by Crippen LogP contribution is -2.37. The van der Waals surface area contributed by atoms with Gasteiger partial charge in [0.2, 0.25) is 0 Å². The molecule has 0 bridgehead atoms. The van der Waals surface area contributed by atoms with E-state index < -0.39 is 44.7 Å². The normalized spacial score (nSPS) is 29.7. The number of nitrogen functional groups attached to an aromatic ring is 1. The number of nitrogens with zero attached hydrogens (tertiary/aromatic N) is 2. The lowest BCUT2D eigenvalue weighted by atomic mass is 10.1. The Hall–Kier alpha value is -1.33. The minimum Gasteiger partial charge on any atom is -0.394 e. The zero-order valence-corrected chi connectivity index (χ0v) is 11.4. The molecule has 0 radical (unpaired) electrons. The van der Waals surface area contributed by atoms with E-state index in [9.17, 15) is 14.5 Å². The summed E-state index contributed by atoms with van der Waals surface area (Å²) in [5.41, 5.74) is 4.50. The van der Waals surface area contributed by atoms with E-state index in [0.29, 0.717) is 0 Å². The molecule has 1 aromatic heterocycles. The zero-order chi connectivity index (χ0) is 15.8. The summed E-state index contributed by atoms with van der Waals surface area (Å²) < 4.78 is 21.4. The quantitative estimate of drug-likeness (QED) is 0.374. The molecule has 1 aromatic rings. The van der Waals surface area contributed by atoms with Gasteiger partial charge < -0.3 is 30.5 Å². The van der Waals surface area contributed by atoms with Crippen molar-refractivity contribution >= 4 is 13.6 Å². The Morgan fingerprint density at radius 3 is 2.71 bits per heavy atom. The SMILES string of the molecule is Nc1ccn([C@H]2O[C@@H](CO)[C@H](OP(=O)(O)O)[C@@H]2O)c(=O)n1. The molecule has 21 heavy (non-hydrogen) atoms. The molecule has 0 aromatic carbocycles. The van der Waals surface area contributed by atoms with Gasteiger partial charge in [-0.3, -0.25) is 9.09 Å². The van der Waals surface area contributed by atoms with Crippen LogP contribution in [-0.2, 0) is 13.8 Å². The molecule has 2 heterocycles. The average Bonchev–Trinajstić information content (AvgIpc) is 2.65. The second-order valence-corrected chi connectivity index (χ2v) is 5.53. The fourth-order valence-electron chi connectivity index (χ4n) is 2.00. The van der Waals surface area contributed by atoms with Crippen molar-refractivity contribution in [2.24, 2.45) is 0 Å². The van der Waals surface area contributed by atoms with Gasteiger partial charge in [-0.1, -0.05) is 0 Å². The number of hydrogen-bond donors (Lipinski definition) is 5. The van der Waals surface area contributed by atoms with Crippen molar-refractivity contribution < 1.29 is 33.8 Å². The van der Waals surface area contributed by atoms with Crippen LogP contribution in [-0.4, -0.2) is 54.5 Å². The van der Waals surface area contributed by atoms with Crippen LogP contribution in [0.3, 0.4) is 0 Å². The van der Waals surface area contributed by atoms with Crippen molar-refractivity contribution in [2.45, 2.75) is 24.5 Å². The number of anilines is 1. The number of rotatable bonds is 4. The molecule has 4 atom stereocenters. The number of aromatic nitrogens is 2. The number of nitrogens with two attached hydrogens (primary N) is 1. The molecule has 1 fully saturated rings. The van der Waals surface area contributed by atoms with Crippen LogP contribution < -0.4 is 11.4 Å². The number of ether oxygens (including phenoxy) is 1. The smallest absolute Gasteiger partial charge is 0.394 e. The molecule has 118 valence electrons. The Balaban J connectivity index is 2.31. The van der Waals surface area contributed by atoms with Gasteiger partial charge in [0.05, 0.1) is 6.61 Å². The van der Waals surface area contributed by atoms with Crippen molar-refractivity contribution in [1.82, 2.24) is 9.55 Å². The van der Waals surface area contributed by atoms with Gasteiger partial charge in [-0.2, -0.15) is 4.98 Å².